The van der Waals surface area contributed by atoms with Gasteiger partial charge in [-0.3, -0.25) is 0 Å². The van der Waals surface area contributed by atoms with E-state index in [4.69, 9.17) is 0 Å². The summed E-state index contributed by atoms with van der Waals surface area (Å²) in [5, 5.41) is 10.5. The van der Waals surface area contributed by atoms with Gasteiger partial charge in [-0.05, 0) is 34.7 Å². The molecule has 0 bridgehead atoms. The molecule has 0 heterocycles. The Hall–Kier alpha value is -1.12. The summed E-state index contributed by atoms with van der Waals surface area (Å²) in [5.41, 5.74) is 3.10. The second-order valence-corrected chi connectivity index (χ2v) is 5.66. The first-order valence-corrected chi connectivity index (χ1v) is 6.91. The lowest BCUT2D eigenvalue weighted by Crippen LogP contribution is -2.05. The molecule has 1 unspecified atom stereocenters. The summed E-state index contributed by atoms with van der Waals surface area (Å²) in [5.74, 6) is 0.385. The summed E-state index contributed by atoms with van der Waals surface area (Å²) in [7, 11) is 0. The fourth-order valence-corrected chi connectivity index (χ4v) is 2.49. The molecule has 0 radical (unpaired) electrons. The average molecular weight is 305 g/mol. The standard InChI is InChI=1S/C16H17BrO/c1-11(2)15-10-13(17)8-9-14(15)16(18)12-6-4-3-5-7-12/h3-11,16,18H,1-2H3. The number of rotatable bonds is 3. The van der Waals surface area contributed by atoms with Gasteiger partial charge in [-0.1, -0.05) is 66.2 Å². The molecule has 2 heteroatoms. The Morgan fingerprint density at radius 3 is 2.22 bits per heavy atom. The van der Waals surface area contributed by atoms with Crippen LogP contribution in [0.1, 0.15) is 42.6 Å². The summed E-state index contributed by atoms with van der Waals surface area (Å²) in [6, 6.07) is 15.8. The van der Waals surface area contributed by atoms with Gasteiger partial charge in [-0.2, -0.15) is 0 Å². The van der Waals surface area contributed by atoms with Gasteiger partial charge in [-0.15, -0.1) is 0 Å². The van der Waals surface area contributed by atoms with Crippen LogP contribution in [0.4, 0.5) is 0 Å². The molecule has 0 fully saturated rings. The van der Waals surface area contributed by atoms with Crippen molar-refractivity contribution in [2.24, 2.45) is 0 Å². The van der Waals surface area contributed by atoms with Crippen LogP contribution in [0.25, 0.3) is 0 Å². The number of aliphatic hydroxyl groups excluding tert-OH is 1. The van der Waals surface area contributed by atoms with Crippen molar-refractivity contribution in [1.29, 1.82) is 0 Å². The molecule has 0 aliphatic rings. The highest BCUT2D eigenvalue weighted by molar-refractivity contribution is 9.10. The number of hydrogen-bond acceptors (Lipinski definition) is 1. The Morgan fingerprint density at radius 1 is 0.944 bits per heavy atom. The Bertz CT molecular complexity index is 520. The van der Waals surface area contributed by atoms with Crippen LogP contribution in [0, 0.1) is 0 Å². The molecule has 1 atom stereocenters. The smallest absolute Gasteiger partial charge is 0.104 e. The monoisotopic (exact) mass is 304 g/mol. The second kappa shape index (κ2) is 5.68. The molecule has 2 aromatic carbocycles. The van der Waals surface area contributed by atoms with Crippen LogP contribution < -0.4 is 0 Å². The van der Waals surface area contributed by atoms with E-state index >= 15 is 0 Å². The number of aliphatic hydroxyl groups is 1. The van der Waals surface area contributed by atoms with Gasteiger partial charge in [0, 0.05) is 4.47 Å². The Kier molecular flexibility index (Phi) is 4.20. The lowest BCUT2D eigenvalue weighted by atomic mass is 9.91. The van der Waals surface area contributed by atoms with Crippen LogP contribution in [0.2, 0.25) is 0 Å². The predicted molar refractivity (Wildman–Crippen MR) is 78.7 cm³/mol. The van der Waals surface area contributed by atoms with Crippen LogP contribution >= 0.6 is 15.9 Å². The number of hydrogen-bond donors (Lipinski definition) is 1. The third-order valence-electron chi connectivity index (χ3n) is 3.08. The van der Waals surface area contributed by atoms with E-state index in [-0.39, 0.29) is 0 Å². The van der Waals surface area contributed by atoms with E-state index in [1.807, 2.05) is 42.5 Å². The second-order valence-electron chi connectivity index (χ2n) is 4.74. The fourth-order valence-electron chi connectivity index (χ4n) is 2.11. The molecule has 0 saturated carbocycles. The minimum absolute atomic E-state index is 0.385. The maximum atomic E-state index is 10.5. The number of halogens is 1. The highest BCUT2D eigenvalue weighted by Crippen LogP contribution is 2.31. The quantitative estimate of drug-likeness (QED) is 0.875. The summed E-state index contributed by atoms with van der Waals surface area (Å²) in [6.07, 6.45) is -0.559. The zero-order valence-corrected chi connectivity index (χ0v) is 12.2. The average Bonchev–Trinajstić information content (AvgIpc) is 2.39. The molecule has 1 nitrogen and oxygen atoms in total. The fraction of sp³-hybridized carbons (Fsp3) is 0.250. The van der Waals surface area contributed by atoms with Crippen molar-refractivity contribution in [3.63, 3.8) is 0 Å². The molecule has 2 aromatic rings. The van der Waals surface area contributed by atoms with Gasteiger partial charge in [0.25, 0.3) is 0 Å². The summed E-state index contributed by atoms with van der Waals surface area (Å²) >= 11 is 3.49. The highest BCUT2D eigenvalue weighted by atomic mass is 79.9. The van der Waals surface area contributed by atoms with Gasteiger partial charge in [0.05, 0.1) is 0 Å². The van der Waals surface area contributed by atoms with Gasteiger partial charge in [0.2, 0.25) is 0 Å². The molecule has 0 spiro atoms. The molecule has 0 aliphatic heterocycles. The van der Waals surface area contributed by atoms with Crippen molar-refractivity contribution in [3.8, 4) is 0 Å². The van der Waals surface area contributed by atoms with Crippen LogP contribution in [0.15, 0.2) is 53.0 Å². The van der Waals surface area contributed by atoms with E-state index in [1.54, 1.807) is 0 Å². The van der Waals surface area contributed by atoms with Gasteiger partial charge < -0.3 is 5.11 Å². The Balaban J connectivity index is 2.45. The van der Waals surface area contributed by atoms with Crippen LogP contribution in [-0.4, -0.2) is 5.11 Å². The Morgan fingerprint density at radius 2 is 1.61 bits per heavy atom. The third kappa shape index (κ3) is 2.82. The van der Waals surface area contributed by atoms with Crippen molar-refractivity contribution in [2.75, 3.05) is 0 Å². The zero-order chi connectivity index (χ0) is 13.1. The first-order valence-electron chi connectivity index (χ1n) is 6.12. The van der Waals surface area contributed by atoms with Crippen LogP contribution in [0.3, 0.4) is 0 Å². The van der Waals surface area contributed by atoms with E-state index < -0.39 is 6.10 Å². The summed E-state index contributed by atoms with van der Waals surface area (Å²) in [4.78, 5) is 0. The molecule has 18 heavy (non-hydrogen) atoms. The normalized spacial score (nSPS) is 12.7. The molecule has 2 rings (SSSR count). The van der Waals surface area contributed by atoms with Gasteiger partial charge in [-0.25, -0.2) is 0 Å². The lowest BCUT2D eigenvalue weighted by Gasteiger charge is -2.18. The SMILES string of the molecule is CC(C)c1cc(Br)ccc1C(O)c1ccccc1. The Labute approximate surface area is 117 Å². The number of benzene rings is 2. The first kappa shape index (κ1) is 13.3. The maximum Gasteiger partial charge on any atom is 0.104 e. The first-order chi connectivity index (χ1) is 8.59. The molecule has 1 N–H and O–H groups in total. The summed E-state index contributed by atoms with van der Waals surface area (Å²) in [6.45, 7) is 4.28. The largest absolute Gasteiger partial charge is 0.384 e. The third-order valence-corrected chi connectivity index (χ3v) is 3.57. The van der Waals surface area contributed by atoms with E-state index in [9.17, 15) is 5.11 Å². The summed E-state index contributed by atoms with van der Waals surface area (Å²) < 4.78 is 1.05. The molecule has 0 aliphatic carbocycles. The highest BCUT2D eigenvalue weighted by Gasteiger charge is 2.16. The van der Waals surface area contributed by atoms with Crippen molar-refractivity contribution < 1.29 is 5.11 Å². The lowest BCUT2D eigenvalue weighted by molar-refractivity contribution is 0.218. The van der Waals surface area contributed by atoms with Gasteiger partial charge >= 0.3 is 0 Å². The van der Waals surface area contributed by atoms with E-state index in [0.717, 1.165) is 15.6 Å². The van der Waals surface area contributed by atoms with Gasteiger partial charge in [0.1, 0.15) is 6.10 Å². The molecule has 0 amide bonds. The van der Waals surface area contributed by atoms with Crippen LogP contribution in [-0.2, 0) is 0 Å². The minimum atomic E-state index is -0.559. The topological polar surface area (TPSA) is 20.2 Å². The predicted octanol–water partition coefficient (Wildman–Crippen LogP) is 4.65. The minimum Gasteiger partial charge on any atom is -0.384 e. The zero-order valence-electron chi connectivity index (χ0n) is 10.6. The molecular weight excluding hydrogens is 288 g/mol. The van der Waals surface area contributed by atoms with E-state index in [0.29, 0.717) is 5.92 Å². The van der Waals surface area contributed by atoms with Crippen molar-refractivity contribution in [2.45, 2.75) is 25.9 Å². The van der Waals surface area contributed by atoms with Crippen LogP contribution in [0.5, 0.6) is 0 Å². The molecule has 0 saturated heterocycles. The van der Waals surface area contributed by atoms with Crippen molar-refractivity contribution >= 4 is 15.9 Å². The van der Waals surface area contributed by atoms with E-state index in [1.165, 1.54) is 5.56 Å². The van der Waals surface area contributed by atoms with Gasteiger partial charge in [0.15, 0.2) is 0 Å². The van der Waals surface area contributed by atoms with Crippen molar-refractivity contribution in [3.05, 3.63) is 69.7 Å². The molecular formula is C16H17BrO. The van der Waals surface area contributed by atoms with Crippen molar-refractivity contribution in [1.82, 2.24) is 0 Å². The maximum absolute atomic E-state index is 10.5. The molecule has 94 valence electrons. The molecule has 0 aromatic heterocycles. The van der Waals surface area contributed by atoms with E-state index in [2.05, 4.69) is 35.8 Å².